The van der Waals surface area contributed by atoms with Crippen LogP contribution >= 0.6 is 11.8 Å². The summed E-state index contributed by atoms with van der Waals surface area (Å²) in [5.74, 6) is 1.94. The van der Waals surface area contributed by atoms with Crippen LogP contribution in [0.1, 0.15) is 33.3 Å². The van der Waals surface area contributed by atoms with Crippen molar-refractivity contribution in [2.45, 2.75) is 39.0 Å². The first-order chi connectivity index (χ1) is 13.0. The lowest BCUT2D eigenvalue weighted by molar-refractivity contribution is 0.270. The minimum Gasteiger partial charge on any atom is -0.357 e. The fraction of sp³-hybridized carbons (Fsp3) is 0.700. The second-order valence-corrected chi connectivity index (χ2v) is 8.97. The zero-order valence-electron chi connectivity index (χ0n) is 17.6. The predicted molar refractivity (Wildman–Crippen MR) is 119 cm³/mol. The highest BCUT2D eigenvalue weighted by Crippen LogP contribution is 2.19. The highest BCUT2D eigenvalue weighted by molar-refractivity contribution is 7.99. The van der Waals surface area contributed by atoms with E-state index in [0.29, 0.717) is 6.54 Å². The van der Waals surface area contributed by atoms with Crippen molar-refractivity contribution in [3.63, 3.8) is 0 Å². The first-order valence-corrected chi connectivity index (χ1v) is 11.2. The summed E-state index contributed by atoms with van der Waals surface area (Å²) in [6.45, 7) is 16.6. The van der Waals surface area contributed by atoms with Crippen molar-refractivity contribution in [3.05, 3.63) is 23.9 Å². The summed E-state index contributed by atoms with van der Waals surface area (Å²) < 4.78 is 0.181. The monoisotopic (exact) mass is 392 g/mol. The molecule has 0 aromatic carbocycles. The van der Waals surface area contributed by atoms with E-state index in [4.69, 9.17) is 4.99 Å². The number of pyridine rings is 1. The van der Waals surface area contributed by atoms with Crippen LogP contribution in [-0.4, -0.2) is 72.7 Å². The summed E-state index contributed by atoms with van der Waals surface area (Å²) in [4.78, 5) is 14.2. The summed E-state index contributed by atoms with van der Waals surface area (Å²) in [6, 6.07) is 4.24. The van der Waals surface area contributed by atoms with Crippen molar-refractivity contribution in [1.29, 1.82) is 0 Å². The fourth-order valence-electron chi connectivity index (χ4n) is 2.91. The summed E-state index contributed by atoms with van der Waals surface area (Å²) in [6.07, 6.45) is 4.05. The van der Waals surface area contributed by atoms with Crippen LogP contribution in [0.2, 0.25) is 0 Å². The van der Waals surface area contributed by atoms with E-state index in [1.807, 2.05) is 18.0 Å². The number of nitrogens with zero attached hydrogens (tertiary/aromatic N) is 4. The number of anilines is 1. The molecule has 1 aliphatic heterocycles. The number of hydrogen-bond donors (Lipinski definition) is 2. The number of piperazine rings is 1. The van der Waals surface area contributed by atoms with E-state index in [1.165, 1.54) is 5.56 Å². The SMILES string of the molecule is CCNC(=NCc1ccnc(N2CCN(CC)CC2)c1)NCC(C)(C)SC. The highest BCUT2D eigenvalue weighted by Gasteiger charge is 2.17. The van der Waals surface area contributed by atoms with Gasteiger partial charge in [-0.15, -0.1) is 0 Å². The minimum absolute atomic E-state index is 0.181. The van der Waals surface area contributed by atoms with E-state index < -0.39 is 0 Å². The Labute approximate surface area is 169 Å². The number of aliphatic imine (C=N–C) groups is 1. The van der Waals surface area contributed by atoms with Crippen LogP contribution in [-0.2, 0) is 6.54 Å². The number of guanidine groups is 1. The third-order valence-electron chi connectivity index (χ3n) is 4.95. The number of thioether (sulfide) groups is 1. The van der Waals surface area contributed by atoms with Gasteiger partial charge in [-0.05, 0) is 51.3 Å². The van der Waals surface area contributed by atoms with Crippen LogP contribution in [0, 0.1) is 0 Å². The smallest absolute Gasteiger partial charge is 0.191 e. The van der Waals surface area contributed by atoms with Gasteiger partial charge in [-0.2, -0.15) is 11.8 Å². The molecule has 1 saturated heterocycles. The molecule has 1 aromatic rings. The Morgan fingerprint density at radius 1 is 1.22 bits per heavy atom. The maximum atomic E-state index is 4.76. The summed E-state index contributed by atoms with van der Waals surface area (Å²) in [5, 5.41) is 6.79. The zero-order valence-corrected chi connectivity index (χ0v) is 18.4. The Bertz CT molecular complexity index is 596. The Hall–Kier alpha value is -1.47. The van der Waals surface area contributed by atoms with E-state index in [1.54, 1.807) is 0 Å². The molecule has 2 rings (SSSR count). The summed E-state index contributed by atoms with van der Waals surface area (Å²) in [5.41, 5.74) is 1.19. The molecule has 152 valence electrons. The van der Waals surface area contributed by atoms with Gasteiger partial charge in [0.25, 0.3) is 0 Å². The zero-order chi connectivity index (χ0) is 19.7. The first kappa shape index (κ1) is 21.8. The number of hydrogen-bond acceptors (Lipinski definition) is 5. The minimum atomic E-state index is 0.181. The Balaban J connectivity index is 1.97. The van der Waals surface area contributed by atoms with Crippen molar-refractivity contribution >= 4 is 23.5 Å². The van der Waals surface area contributed by atoms with E-state index in [2.05, 4.69) is 71.5 Å². The molecule has 0 aliphatic carbocycles. The van der Waals surface area contributed by atoms with Crippen LogP contribution in [0.15, 0.2) is 23.3 Å². The lowest BCUT2D eigenvalue weighted by atomic mass is 10.2. The highest BCUT2D eigenvalue weighted by atomic mass is 32.2. The number of likely N-dealkylation sites (N-methyl/N-ethyl adjacent to an activating group) is 1. The lowest BCUT2D eigenvalue weighted by Crippen LogP contribution is -2.46. The molecule has 0 unspecified atom stereocenters. The average molecular weight is 393 g/mol. The van der Waals surface area contributed by atoms with Gasteiger partial charge in [0.2, 0.25) is 0 Å². The van der Waals surface area contributed by atoms with Crippen molar-refractivity contribution < 1.29 is 0 Å². The number of nitrogens with one attached hydrogen (secondary N) is 2. The van der Waals surface area contributed by atoms with E-state index in [9.17, 15) is 0 Å². The predicted octanol–water partition coefficient (Wildman–Crippen LogP) is 2.42. The number of aromatic nitrogens is 1. The molecule has 0 atom stereocenters. The van der Waals surface area contributed by atoms with Crippen molar-refractivity contribution in [2.75, 3.05) is 57.0 Å². The second-order valence-electron chi connectivity index (χ2n) is 7.46. The molecule has 1 fully saturated rings. The topological polar surface area (TPSA) is 55.8 Å². The quantitative estimate of drug-likeness (QED) is 0.523. The van der Waals surface area contributed by atoms with Gasteiger partial charge in [-0.1, -0.05) is 6.92 Å². The number of rotatable bonds is 8. The maximum Gasteiger partial charge on any atom is 0.191 e. The van der Waals surface area contributed by atoms with Crippen LogP contribution in [0.4, 0.5) is 5.82 Å². The molecule has 0 saturated carbocycles. The Morgan fingerprint density at radius 3 is 2.59 bits per heavy atom. The molecule has 2 N–H and O–H groups in total. The molecule has 7 heteroatoms. The van der Waals surface area contributed by atoms with E-state index >= 15 is 0 Å². The van der Waals surface area contributed by atoms with Crippen molar-refractivity contribution in [2.24, 2.45) is 4.99 Å². The van der Waals surface area contributed by atoms with E-state index in [-0.39, 0.29) is 4.75 Å². The van der Waals surface area contributed by atoms with Crippen LogP contribution in [0.3, 0.4) is 0 Å². The second kappa shape index (κ2) is 10.8. The maximum absolute atomic E-state index is 4.76. The summed E-state index contributed by atoms with van der Waals surface area (Å²) >= 11 is 1.86. The Kier molecular flexibility index (Phi) is 8.70. The first-order valence-electron chi connectivity index (χ1n) is 9.97. The van der Waals surface area contributed by atoms with Gasteiger partial charge in [0.05, 0.1) is 6.54 Å². The molecule has 0 amide bonds. The molecule has 1 aromatic heterocycles. The van der Waals surface area contributed by atoms with Gasteiger partial charge in [0, 0.05) is 50.2 Å². The summed E-state index contributed by atoms with van der Waals surface area (Å²) in [7, 11) is 0. The lowest BCUT2D eigenvalue weighted by Gasteiger charge is -2.34. The molecule has 0 spiro atoms. The Morgan fingerprint density at radius 2 is 1.96 bits per heavy atom. The van der Waals surface area contributed by atoms with Gasteiger partial charge in [0.15, 0.2) is 5.96 Å². The van der Waals surface area contributed by atoms with Gasteiger partial charge in [-0.25, -0.2) is 9.98 Å². The molecule has 2 heterocycles. The molecular formula is C20H36N6S. The van der Waals surface area contributed by atoms with Crippen LogP contribution in [0.5, 0.6) is 0 Å². The van der Waals surface area contributed by atoms with Gasteiger partial charge >= 0.3 is 0 Å². The van der Waals surface area contributed by atoms with Gasteiger partial charge in [0.1, 0.15) is 5.82 Å². The standard InChI is InChI=1S/C20H36N6S/c1-6-21-19(24-16-20(3,4)27-5)23-15-17-8-9-22-18(14-17)26-12-10-25(7-2)11-13-26/h8-9,14H,6-7,10-13,15-16H2,1-5H3,(H2,21,23,24). The third kappa shape index (κ3) is 7.22. The molecule has 1 aliphatic rings. The van der Waals surface area contributed by atoms with Crippen LogP contribution in [0.25, 0.3) is 0 Å². The van der Waals surface area contributed by atoms with Gasteiger partial charge in [-0.3, -0.25) is 0 Å². The van der Waals surface area contributed by atoms with Gasteiger partial charge < -0.3 is 20.4 Å². The molecule has 27 heavy (non-hydrogen) atoms. The molecule has 0 radical (unpaired) electrons. The molecule has 6 nitrogen and oxygen atoms in total. The van der Waals surface area contributed by atoms with E-state index in [0.717, 1.165) is 57.6 Å². The largest absolute Gasteiger partial charge is 0.357 e. The van der Waals surface area contributed by atoms with Crippen LogP contribution < -0.4 is 15.5 Å². The normalized spacial score (nSPS) is 16.5. The molecular weight excluding hydrogens is 356 g/mol. The average Bonchev–Trinajstić information content (AvgIpc) is 2.70. The molecule has 0 bridgehead atoms. The fourth-order valence-corrected chi connectivity index (χ4v) is 3.12. The third-order valence-corrected chi connectivity index (χ3v) is 6.20. The van der Waals surface area contributed by atoms with Crippen molar-refractivity contribution in [3.8, 4) is 0 Å². The van der Waals surface area contributed by atoms with Crippen molar-refractivity contribution in [1.82, 2.24) is 20.5 Å².